The largest absolute Gasteiger partial charge is 0.0814 e. The molecule has 4 heteroatoms. The van der Waals surface area contributed by atoms with Crippen LogP contribution in [0.25, 0.3) is 0 Å². The highest BCUT2D eigenvalue weighted by Gasteiger charge is 0.0834. The fraction of sp³-hybridized carbons (Fsp3) is 0. The lowest BCUT2D eigenvalue weighted by atomic mass is 10.8. The molecule has 0 atom stereocenters. The van der Waals surface area contributed by atoms with Gasteiger partial charge >= 0.3 is 0 Å². The monoisotopic (exact) mass is 73.1 g/mol. The van der Waals surface area contributed by atoms with E-state index in [1.807, 2.05) is 0 Å². The second-order valence-electron chi connectivity index (χ2n) is 0. The van der Waals surface area contributed by atoms with Crippen molar-refractivity contribution in [2.45, 2.75) is 0 Å². The highest BCUT2D eigenvalue weighted by molar-refractivity contribution is 6.92. The molecule has 0 aliphatic heterocycles. The van der Waals surface area contributed by atoms with Gasteiger partial charge in [-0.25, -0.2) is 0 Å². The fourth-order valence-corrected chi connectivity index (χ4v) is 0. The van der Waals surface area contributed by atoms with Crippen LogP contribution in [0.4, 0.5) is 0 Å². The predicted octanol–water partition coefficient (Wildman–Crippen LogP) is -2.69. The summed E-state index contributed by atoms with van der Waals surface area (Å²) in [5.41, 5.74) is 0. The van der Waals surface area contributed by atoms with Gasteiger partial charge in [0.25, 0.3) is 0 Å². The Morgan fingerprint density at radius 1 is 0.500 bits per heavy atom. The van der Waals surface area contributed by atoms with E-state index >= 15 is 0 Å². The second-order valence-corrected chi connectivity index (χ2v) is 0. The van der Waals surface area contributed by atoms with E-state index in [1.54, 1.807) is 0 Å². The molecule has 0 unspecified atom stereocenters. The number of hydrogen-bond acceptors (Lipinski definition) is 0. The van der Waals surface area contributed by atoms with E-state index in [9.17, 15) is 0 Å². The quantitative estimate of drug-likeness (QED) is 0.216. The van der Waals surface area contributed by atoms with Crippen molar-refractivity contribution in [2.75, 3.05) is 0 Å². The molecule has 0 nitrogen and oxygen atoms in total. The van der Waals surface area contributed by atoms with E-state index in [0.717, 1.165) is 0 Å². The molecule has 0 aliphatic rings. The Kier molecular flexibility index (Phi) is 2490. The highest BCUT2D eigenvalue weighted by Crippen LogP contribution is 0.861. The van der Waals surface area contributed by atoms with Crippen molar-refractivity contribution in [1.29, 1.82) is 0 Å². The second kappa shape index (κ2) is 64.0. The Labute approximate surface area is 36.1 Å². The molecule has 0 bridgehead atoms. The summed E-state index contributed by atoms with van der Waals surface area (Å²) >= 11 is 0. The molecular weight excluding hydrogens is 63.4 g/mol. The third-order valence-electron chi connectivity index (χ3n) is 0. The average Bonchev–Trinajstić information content (AvgIpc) is 0. The van der Waals surface area contributed by atoms with Crippen LogP contribution >= 0.6 is 9.90 Å². The molecule has 0 heterocycles. The first-order valence-corrected chi connectivity index (χ1v) is 0. The molecule has 0 aromatic rings. The zero-order valence-electron chi connectivity index (χ0n) is 0.447. The highest BCUT2D eigenvalue weighted by atomic mass is 31.0. The van der Waals surface area contributed by atoms with Crippen LogP contribution < -0.4 is 0 Å². The third kappa shape index (κ3) is 17.8. The summed E-state index contributed by atoms with van der Waals surface area (Å²) < 4.78 is 0. The lowest BCUT2D eigenvalue weighted by molar-refractivity contribution is 5.75. The molecule has 0 aliphatic carbocycles. The van der Waals surface area contributed by atoms with Gasteiger partial charge in [0.15, 0.2) is 0 Å². The fourth-order valence-electron chi connectivity index (χ4n) is 0. The van der Waals surface area contributed by atoms with Crippen molar-refractivity contribution in [2.24, 2.45) is 0 Å². The minimum atomic E-state index is 0. The molecule has 0 spiro atoms. The van der Waals surface area contributed by atoms with Gasteiger partial charge in [0, 0.05) is 9.90 Å². The van der Waals surface area contributed by atoms with Crippen molar-refractivity contribution in [1.82, 2.24) is 0 Å². The first kappa shape index (κ1) is 156. The summed E-state index contributed by atoms with van der Waals surface area (Å²) in [5, 5.41) is 0. The molecule has 0 aromatic carbocycles. The van der Waals surface area contributed by atoms with Crippen molar-refractivity contribution >= 4 is 35.1 Å². The number of rotatable bonds is 0. The van der Waals surface area contributed by atoms with Crippen molar-refractivity contribution < 1.29 is 0 Å². The maximum Gasteiger partial charge on any atom is 0.0814 e. The van der Waals surface area contributed by atoms with Gasteiger partial charge in [-0.15, -0.1) is 0 Å². The Hall–Kier alpha value is 0.625. The van der Waals surface area contributed by atoms with Crippen LogP contribution in [0.2, 0.25) is 0 Å². The van der Waals surface area contributed by atoms with E-state index < -0.39 is 0 Å². The lowest BCUT2D eigenvalue weighted by Crippen LogP contribution is -0.382. The zero-order chi connectivity index (χ0) is 0. The molecule has 0 rings (SSSR count). The molecule has 4 heavy (non-hydrogen) atoms. The minimum absolute atomic E-state index is 0. The van der Waals surface area contributed by atoms with Gasteiger partial charge < -0.3 is 0 Å². The van der Waals surface area contributed by atoms with Gasteiger partial charge in [-0.3, -0.25) is 0 Å². The van der Waals surface area contributed by atoms with Crippen LogP contribution in [0.1, 0.15) is 0 Å². The SMILES string of the molecule is B.B.B.[P]. The van der Waals surface area contributed by atoms with E-state index in [4.69, 9.17) is 0 Å². The van der Waals surface area contributed by atoms with Crippen LogP contribution in [0.5, 0.6) is 0 Å². The van der Waals surface area contributed by atoms with Crippen LogP contribution in [-0.4, -0.2) is 25.2 Å². The summed E-state index contributed by atoms with van der Waals surface area (Å²) in [6.07, 6.45) is 0. The topological polar surface area (TPSA) is 0 Å². The first-order valence-electron chi connectivity index (χ1n) is 0. The molecule has 0 amide bonds. The van der Waals surface area contributed by atoms with Gasteiger partial charge in [-0.05, 0) is 0 Å². The molecule has 3 radical (unpaired) electrons. The maximum absolute atomic E-state index is 0. The zero-order valence-corrected chi connectivity index (χ0v) is 1.34. The van der Waals surface area contributed by atoms with E-state index in [2.05, 4.69) is 0 Å². The van der Waals surface area contributed by atoms with E-state index in [0.29, 0.717) is 0 Å². The Morgan fingerprint density at radius 3 is 0.500 bits per heavy atom. The normalized spacial score (nSPS) is 0. The summed E-state index contributed by atoms with van der Waals surface area (Å²) in [7, 11) is 0. The maximum atomic E-state index is 0. The Morgan fingerprint density at radius 2 is 0.500 bits per heavy atom. The van der Waals surface area contributed by atoms with Gasteiger partial charge in [-0.1, -0.05) is 0 Å². The molecule has 0 N–H and O–H groups in total. The Balaban J connectivity index is 0. The van der Waals surface area contributed by atoms with Crippen LogP contribution in [-0.2, 0) is 0 Å². The molecule has 0 saturated heterocycles. The number of hydrogen-bond donors (Lipinski definition) is 0. The average molecular weight is 72.5 g/mol. The first-order chi connectivity index (χ1) is 0. The van der Waals surface area contributed by atoms with Crippen molar-refractivity contribution in [3.8, 4) is 0 Å². The molecule has 0 fully saturated rings. The smallest absolute Gasteiger partial charge is 0 e. The van der Waals surface area contributed by atoms with Gasteiger partial charge in [0.1, 0.15) is 0 Å². The summed E-state index contributed by atoms with van der Waals surface area (Å²) in [4.78, 5) is 0. The Bertz CT molecular complexity index is 3.25. The summed E-state index contributed by atoms with van der Waals surface area (Å²) in [6.45, 7) is 0. The standard InChI is InChI=1S/3BH3.P/h3*1H3;. The van der Waals surface area contributed by atoms with Crippen LogP contribution in [0.15, 0.2) is 0 Å². The van der Waals surface area contributed by atoms with Gasteiger partial charge in [-0.2, -0.15) is 0 Å². The van der Waals surface area contributed by atoms with Crippen LogP contribution in [0.3, 0.4) is 0 Å². The summed E-state index contributed by atoms with van der Waals surface area (Å²) in [6, 6.07) is 0. The predicted molar refractivity (Wildman–Crippen MR) is 36.7 cm³/mol. The van der Waals surface area contributed by atoms with Crippen LogP contribution in [0, 0.1) is 0 Å². The molecule has 0 aromatic heterocycles. The van der Waals surface area contributed by atoms with E-state index in [1.165, 1.54) is 0 Å². The lowest BCUT2D eigenvalue weighted by Gasteiger charge is -0.0000360. The molecule has 0 saturated carbocycles. The van der Waals surface area contributed by atoms with E-state index in [-0.39, 0.29) is 35.1 Å². The molecular formula is H9B3P. The van der Waals surface area contributed by atoms with Gasteiger partial charge in [0.2, 0.25) is 0 Å². The molecule has 23 valence electrons. The van der Waals surface area contributed by atoms with Crippen molar-refractivity contribution in [3.63, 3.8) is 0 Å². The minimum Gasteiger partial charge on any atom is 0 e. The van der Waals surface area contributed by atoms with Crippen molar-refractivity contribution in [3.05, 3.63) is 0 Å². The van der Waals surface area contributed by atoms with Gasteiger partial charge in [0.05, 0.1) is 25.2 Å². The summed E-state index contributed by atoms with van der Waals surface area (Å²) in [5.74, 6) is 0. The third-order valence-corrected chi connectivity index (χ3v) is 0.